The Kier molecular flexibility index (Phi) is 6.81. The normalized spacial score (nSPS) is 11.4. The Bertz CT molecular complexity index is 1140. The highest BCUT2D eigenvalue weighted by molar-refractivity contribution is 7.92. The van der Waals surface area contributed by atoms with Gasteiger partial charge in [-0.25, -0.2) is 18.2 Å². The van der Waals surface area contributed by atoms with Crippen LogP contribution in [0.4, 0.5) is 10.1 Å². The summed E-state index contributed by atoms with van der Waals surface area (Å²) in [4.78, 5) is 12.4. The van der Waals surface area contributed by atoms with E-state index in [9.17, 15) is 17.6 Å². The van der Waals surface area contributed by atoms with Gasteiger partial charge in [0.2, 0.25) is 0 Å². The third-order valence-electron chi connectivity index (χ3n) is 4.01. The molecular formula is C21H17ClFN3O3S. The molecule has 3 aromatic rings. The van der Waals surface area contributed by atoms with E-state index >= 15 is 0 Å². The van der Waals surface area contributed by atoms with Crippen molar-refractivity contribution in [3.05, 3.63) is 95.3 Å². The molecule has 3 aromatic carbocycles. The van der Waals surface area contributed by atoms with Crippen LogP contribution >= 0.6 is 11.6 Å². The molecule has 0 aliphatic carbocycles. The van der Waals surface area contributed by atoms with E-state index in [-0.39, 0.29) is 10.6 Å². The molecule has 0 atom stereocenters. The average molecular weight is 446 g/mol. The lowest BCUT2D eigenvalue weighted by Gasteiger charge is -2.23. The van der Waals surface area contributed by atoms with Crippen molar-refractivity contribution in [3.63, 3.8) is 0 Å². The molecule has 0 aliphatic heterocycles. The van der Waals surface area contributed by atoms with Gasteiger partial charge in [0.05, 0.1) is 16.8 Å². The van der Waals surface area contributed by atoms with Gasteiger partial charge in [0.1, 0.15) is 12.4 Å². The van der Waals surface area contributed by atoms with Crippen molar-refractivity contribution in [2.75, 3.05) is 10.8 Å². The van der Waals surface area contributed by atoms with Gasteiger partial charge in [-0.05, 0) is 54.1 Å². The lowest BCUT2D eigenvalue weighted by Crippen LogP contribution is -2.39. The van der Waals surface area contributed by atoms with E-state index in [2.05, 4.69) is 10.5 Å². The fourth-order valence-corrected chi connectivity index (χ4v) is 4.10. The zero-order valence-corrected chi connectivity index (χ0v) is 17.1. The number of anilines is 1. The highest BCUT2D eigenvalue weighted by Gasteiger charge is 2.27. The summed E-state index contributed by atoms with van der Waals surface area (Å²) >= 11 is 5.81. The molecular weight excluding hydrogens is 429 g/mol. The van der Waals surface area contributed by atoms with Crippen molar-refractivity contribution < 1.29 is 17.6 Å². The minimum Gasteiger partial charge on any atom is -0.271 e. The molecule has 0 saturated heterocycles. The van der Waals surface area contributed by atoms with Gasteiger partial charge < -0.3 is 0 Å². The Morgan fingerprint density at radius 2 is 1.63 bits per heavy atom. The second-order valence-electron chi connectivity index (χ2n) is 6.15. The van der Waals surface area contributed by atoms with Crippen LogP contribution in [0.15, 0.2) is 88.9 Å². The summed E-state index contributed by atoms with van der Waals surface area (Å²) in [6.07, 6.45) is 1.40. The molecule has 30 heavy (non-hydrogen) atoms. The zero-order valence-electron chi connectivity index (χ0n) is 15.6. The number of amides is 1. The van der Waals surface area contributed by atoms with Crippen LogP contribution < -0.4 is 9.73 Å². The van der Waals surface area contributed by atoms with E-state index in [1.165, 1.54) is 30.5 Å². The summed E-state index contributed by atoms with van der Waals surface area (Å²) < 4.78 is 40.4. The first-order chi connectivity index (χ1) is 14.4. The first kappa shape index (κ1) is 21.5. The molecule has 3 rings (SSSR count). The van der Waals surface area contributed by atoms with Gasteiger partial charge in [-0.3, -0.25) is 9.10 Å². The quantitative estimate of drug-likeness (QED) is 0.443. The maximum atomic E-state index is 13.3. The Morgan fingerprint density at radius 3 is 2.27 bits per heavy atom. The smallest absolute Gasteiger partial charge is 0.264 e. The molecule has 0 unspecified atom stereocenters. The Morgan fingerprint density at radius 1 is 1.00 bits per heavy atom. The molecule has 6 nitrogen and oxygen atoms in total. The molecule has 0 aromatic heterocycles. The van der Waals surface area contributed by atoms with Crippen LogP contribution in [0.2, 0.25) is 5.02 Å². The molecule has 0 saturated carbocycles. The number of benzene rings is 3. The SMILES string of the molecule is O=C(CN(c1ccc(F)cc1)S(=O)(=O)c1ccccc1)N/N=C\c1ccc(Cl)cc1. The molecule has 0 radical (unpaired) electrons. The van der Waals surface area contributed by atoms with Crippen LogP contribution in [-0.2, 0) is 14.8 Å². The maximum Gasteiger partial charge on any atom is 0.264 e. The highest BCUT2D eigenvalue weighted by atomic mass is 35.5. The zero-order chi connectivity index (χ0) is 21.6. The number of hydrogen-bond acceptors (Lipinski definition) is 4. The molecule has 0 heterocycles. The van der Waals surface area contributed by atoms with E-state index in [4.69, 9.17) is 11.6 Å². The topological polar surface area (TPSA) is 78.8 Å². The van der Waals surface area contributed by atoms with Gasteiger partial charge in [0.25, 0.3) is 15.9 Å². The van der Waals surface area contributed by atoms with Crippen LogP contribution in [-0.4, -0.2) is 27.1 Å². The number of hydrogen-bond donors (Lipinski definition) is 1. The Balaban J connectivity index is 1.81. The number of nitrogens with zero attached hydrogens (tertiary/aromatic N) is 2. The van der Waals surface area contributed by atoms with Crippen molar-refractivity contribution in [3.8, 4) is 0 Å². The second-order valence-corrected chi connectivity index (χ2v) is 8.44. The number of hydrazone groups is 1. The van der Waals surface area contributed by atoms with Gasteiger partial charge in [0.15, 0.2) is 0 Å². The fourth-order valence-electron chi connectivity index (χ4n) is 2.54. The van der Waals surface area contributed by atoms with Gasteiger partial charge >= 0.3 is 0 Å². The van der Waals surface area contributed by atoms with Gasteiger partial charge in [0, 0.05) is 5.02 Å². The number of halogens is 2. The lowest BCUT2D eigenvalue weighted by molar-refractivity contribution is -0.119. The van der Waals surface area contributed by atoms with Gasteiger partial charge in [-0.15, -0.1) is 0 Å². The molecule has 154 valence electrons. The summed E-state index contributed by atoms with van der Waals surface area (Å²) in [5.41, 5.74) is 3.15. The van der Waals surface area contributed by atoms with Crippen molar-refractivity contribution in [1.82, 2.24) is 5.43 Å². The average Bonchev–Trinajstić information content (AvgIpc) is 2.75. The number of rotatable bonds is 7. The van der Waals surface area contributed by atoms with Crippen LogP contribution in [0.25, 0.3) is 0 Å². The molecule has 0 spiro atoms. The van der Waals surface area contributed by atoms with Crippen LogP contribution in [0.1, 0.15) is 5.56 Å². The molecule has 0 fully saturated rings. The largest absolute Gasteiger partial charge is 0.271 e. The monoisotopic (exact) mass is 445 g/mol. The predicted molar refractivity (Wildman–Crippen MR) is 115 cm³/mol. The highest BCUT2D eigenvalue weighted by Crippen LogP contribution is 2.23. The number of nitrogens with one attached hydrogen (secondary N) is 1. The number of sulfonamides is 1. The Hall–Kier alpha value is -3.23. The summed E-state index contributed by atoms with van der Waals surface area (Å²) in [5, 5.41) is 4.40. The summed E-state index contributed by atoms with van der Waals surface area (Å²) in [5.74, 6) is -1.18. The first-order valence-electron chi connectivity index (χ1n) is 8.77. The van der Waals surface area contributed by atoms with Crippen LogP contribution in [0.3, 0.4) is 0 Å². The van der Waals surface area contributed by atoms with Crippen molar-refractivity contribution in [1.29, 1.82) is 0 Å². The van der Waals surface area contributed by atoms with Gasteiger partial charge in [-0.1, -0.05) is 41.9 Å². The first-order valence-corrected chi connectivity index (χ1v) is 10.6. The maximum absolute atomic E-state index is 13.3. The summed E-state index contributed by atoms with van der Waals surface area (Å²) in [6, 6.07) is 19.3. The van der Waals surface area contributed by atoms with Crippen molar-refractivity contribution in [2.45, 2.75) is 4.90 Å². The minimum absolute atomic E-state index is 0.00629. The molecule has 1 amide bonds. The minimum atomic E-state index is -4.06. The molecule has 9 heteroatoms. The van der Waals surface area contributed by atoms with Crippen molar-refractivity contribution >= 4 is 39.4 Å². The predicted octanol–water partition coefficient (Wildman–Crippen LogP) is 3.82. The van der Waals surface area contributed by atoms with E-state index in [0.717, 1.165) is 16.4 Å². The summed E-state index contributed by atoms with van der Waals surface area (Å²) in [7, 11) is -4.06. The van der Waals surface area contributed by atoms with E-state index in [0.29, 0.717) is 10.6 Å². The number of carbonyl (C=O) groups excluding carboxylic acids is 1. The number of carbonyl (C=O) groups is 1. The molecule has 0 aliphatic rings. The van der Waals surface area contributed by atoms with Gasteiger partial charge in [-0.2, -0.15) is 5.10 Å². The third-order valence-corrected chi connectivity index (χ3v) is 6.05. The van der Waals surface area contributed by atoms with E-state index in [1.54, 1.807) is 42.5 Å². The fraction of sp³-hybridized carbons (Fsp3) is 0.0476. The van der Waals surface area contributed by atoms with Crippen molar-refractivity contribution in [2.24, 2.45) is 5.10 Å². The van der Waals surface area contributed by atoms with E-state index < -0.39 is 28.3 Å². The third kappa shape index (κ3) is 5.43. The van der Waals surface area contributed by atoms with Crippen LogP contribution in [0, 0.1) is 5.82 Å². The van der Waals surface area contributed by atoms with Crippen LogP contribution in [0.5, 0.6) is 0 Å². The Labute approximate surface area is 178 Å². The molecule has 1 N–H and O–H groups in total. The lowest BCUT2D eigenvalue weighted by atomic mass is 10.2. The molecule has 0 bridgehead atoms. The second kappa shape index (κ2) is 9.51. The summed E-state index contributed by atoms with van der Waals surface area (Å²) in [6.45, 7) is -0.541. The standard InChI is InChI=1S/C21H17ClFN3O3S/c22-17-8-6-16(7-9-17)14-24-25-21(27)15-26(19-12-10-18(23)11-13-19)30(28,29)20-4-2-1-3-5-20/h1-14H,15H2,(H,25,27)/b24-14-. The van der Waals surface area contributed by atoms with E-state index in [1.807, 2.05) is 0 Å².